The number of aromatic nitrogens is 1. The van der Waals surface area contributed by atoms with Gasteiger partial charge in [0.2, 0.25) is 0 Å². The van der Waals surface area contributed by atoms with Gasteiger partial charge in [0.15, 0.2) is 0 Å². The highest BCUT2D eigenvalue weighted by atomic mass is 35.5. The number of nitrogens with zero attached hydrogens (tertiary/aromatic N) is 3. The molecular weight excluding hydrogens is 409 g/mol. The number of amides is 2. The molecular formula is C22H19ClFN3O3. The lowest BCUT2D eigenvalue weighted by Gasteiger charge is -2.34. The van der Waals surface area contributed by atoms with Gasteiger partial charge in [0.1, 0.15) is 22.8 Å². The Balaban J connectivity index is 1.53. The molecule has 1 aliphatic rings. The van der Waals surface area contributed by atoms with Crippen molar-refractivity contribution in [1.29, 1.82) is 0 Å². The minimum absolute atomic E-state index is 0.0391. The molecule has 0 saturated carbocycles. The van der Waals surface area contributed by atoms with Gasteiger partial charge in [-0.15, -0.1) is 0 Å². The number of hydrogen-bond acceptors (Lipinski definition) is 4. The Bertz CT molecular complexity index is 1070. The van der Waals surface area contributed by atoms with Crippen molar-refractivity contribution in [3.63, 3.8) is 0 Å². The van der Waals surface area contributed by atoms with Gasteiger partial charge >= 0.3 is 0 Å². The van der Waals surface area contributed by atoms with E-state index in [1.54, 1.807) is 28.9 Å². The Morgan fingerprint density at radius 1 is 0.967 bits per heavy atom. The van der Waals surface area contributed by atoms with Crippen LogP contribution in [-0.2, 0) is 0 Å². The summed E-state index contributed by atoms with van der Waals surface area (Å²) < 4.78 is 19.6. The van der Waals surface area contributed by atoms with Gasteiger partial charge in [-0.05, 0) is 31.2 Å². The Hall–Kier alpha value is -3.19. The molecule has 0 atom stereocenters. The third-order valence-electron chi connectivity index (χ3n) is 5.15. The Morgan fingerprint density at radius 3 is 2.23 bits per heavy atom. The van der Waals surface area contributed by atoms with E-state index in [-0.39, 0.29) is 39.4 Å². The van der Waals surface area contributed by atoms with Crippen molar-refractivity contribution < 1.29 is 18.5 Å². The first kappa shape index (κ1) is 20.1. The average Bonchev–Trinajstić information content (AvgIpc) is 3.14. The van der Waals surface area contributed by atoms with Gasteiger partial charge in [-0.3, -0.25) is 9.59 Å². The minimum atomic E-state index is -0.580. The number of halogens is 2. The zero-order valence-electron chi connectivity index (χ0n) is 16.3. The van der Waals surface area contributed by atoms with E-state index in [2.05, 4.69) is 5.16 Å². The van der Waals surface area contributed by atoms with Gasteiger partial charge in [-0.2, -0.15) is 0 Å². The lowest BCUT2D eigenvalue weighted by molar-refractivity contribution is 0.0534. The fourth-order valence-corrected chi connectivity index (χ4v) is 3.81. The van der Waals surface area contributed by atoms with Crippen molar-refractivity contribution in [3.8, 4) is 11.3 Å². The molecule has 2 amide bonds. The van der Waals surface area contributed by atoms with Crippen molar-refractivity contribution in [2.45, 2.75) is 6.92 Å². The molecule has 1 aromatic heterocycles. The third-order valence-corrected chi connectivity index (χ3v) is 5.47. The summed E-state index contributed by atoms with van der Waals surface area (Å²) in [6.07, 6.45) is 0. The van der Waals surface area contributed by atoms with E-state index in [1.165, 1.54) is 18.2 Å². The maximum Gasteiger partial charge on any atom is 0.259 e. The summed E-state index contributed by atoms with van der Waals surface area (Å²) in [5, 5.41) is 4.04. The molecule has 2 aromatic carbocycles. The zero-order chi connectivity index (χ0) is 21.3. The maximum atomic E-state index is 14.4. The maximum absolute atomic E-state index is 14.4. The molecule has 0 unspecified atom stereocenters. The smallest absolute Gasteiger partial charge is 0.259 e. The van der Waals surface area contributed by atoms with Crippen molar-refractivity contribution >= 4 is 23.4 Å². The SMILES string of the molecule is Cc1onc(-c2c(F)cccc2Cl)c1C(=O)N1CCN(C(=O)c2ccccc2)CC1. The van der Waals surface area contributed by atoms with Gasteiger partial charge in [0, 0.05) is 31.7 Å². The zero-order valence-corrected chi connectivity index (χ0v) is 17.0. The van der Waals surface area contributed by atoms with E-state index in [0.29, 0.717) is 31.7 Å². The second-order valence-corrected chi connectivity index (χ2v) is 7.42. The predicted octanol–water partition coefficient (Wildman–Crippen LogP) is 4.04. The number of piperazine rings is 1. The van der Waals surface area contributed by atoms with E-state index in [4.69, 9.17) is 16.1 Å². The molecule has 1 aliphatic heterocycles. The van der Waals surface area contributed by atoms with Crippen molar-refractivity contribution in [1.82, 2.24) is 15.0 Å². The topological polar surface area (TPSA) is 66.7 Å². The quantitative estimate of drug-likeness (QED) is 0.632. The molecule has 0 spiro atoms. The largest absolute Gasteiger partial charge is 0.360 e. The fraction of sp³-hybridized carbons (Fsp3) is 0.227. The molecule has 0 aliphatic carbocycles. The molecule has 154 valence electrons. The van der Waals surface area contributed by atoms with Crippen LogP contribution in [0.1, 0.15) is 26.5 Å². The highest BCUT2D eigenvalue weighted by Gasteiger charge is 2.31. The second kappa shape index (κ2) is 8.28. The van der Waals surface area contributed by atoms with Crippen LogP contribution in [0.25, 0.3) is 11.3 Å². The van der Waals surface area contributed by atoms with Crippen LogP contribution < -0.4 is 0 Å². The van der Waals surface area contributed by atoms with Crippen LogP contribution in [0.2, 0.25) is 5.02 Å². The van der Waals surface area contributed by atoms with E-state index in [0.717, 1.165) is 0 Å². The molecule has 0 N–H and O–H groups in total. The lowest BCUT2D eigenvalue weighted by atomic mass is 10.0. The molecule has 4 rings (SSSR count). The van der Waals surface area contributed by atoms with E-state index in [1.807, 2.05) is 18.2 Å². The molecule has 30 heavy (non-hydrogen) atoms. The predicted molar refractivity (Wildman–Crippen MR) is 110 cm³/mol. The van der Waals surface area contributed by atoms with Crippen LogP contribution >= 0.6 is 11.6 Å². The summed E-state index contributed by atoms with van der Waals surface area (Å²) in [7, 11) is 0. The van der Waals surface area contributed by atoms with Crippen LogP contribution in [0.4, 0.5) is 4.39 Å². The number of hydrogen-bond donors (Lipinski definition) is 0. The molecule has 1 fully saturated rings. The molecule has 3 aromatic rings. The van der Waals surface area contributed by atoms with Gasteiger partial charge < -0.3 is 14.3 Å². The number of rotatable bonds is 3. The standard InChI is InChI=1S/C22H19ClFN3O3/c1-14-18(20(25-30-14)19-16(23)8-5-9-17(19)24)22(29)27-12-10-26(11-13-27)21(28)15-6-3-2-4-7-15/h2-9H,10-13H2,1H3. The Labute approximate surface area is 177 Å². The first-order valence-corrected chi connectivity index (χ1v) is 9.89. The minimum Gasteiger partial charge on any atom is -0.360 e. The summed E-state index contributed by atoms with van der Waals surface area (Å²) in [5.74, 6) is -0.683. The second-order valence-electron chi connectivity index (χ2n) is 7.01. The van der Waals surface area contributed by atoms with Crippen LogP contribution in [0.3, 0.4) is 0 Å². The van der Waals surface area contributed by atoms with Crippen LogP contribution in [0.5, 0.6) is 0 Å². The molecule has 1 saturated heterocycles. The third kappa shape index (κ3) is 3.68. The van der Waals surface area contributed by atoms with Crippen LogP contribution in [-0.4, -0.2) is 52.9 Å². The Morgan fingerprint density at radius 2 is 1.60 bits per heavy atom. The van der Waals surface area contributed by atoms with Gasteiger partial charge in [0.25, 0.3) is 11.8 Å². The molecule has 6 nitrogen and oxygen atoms in total. The molecule has 8 heteroatoms. The van der Waals surface area contributed by atoms with Gasteiger partial charge in [-0.1, -0.05) is 41.0 Å². The van der Waals surface area contributed by atoms with E-state index in [9.17, 15) is 14.0 Å². The summed E-state index contributed by atoms with van der Waals surface area (Å²) in [5.41, 5.74) is 0.925. The summed E-state index contributed by atoms with van der Waals surface area (Å²) in [4.78, 5) is 29.2. The van der Waals surface area contributed by atoms with E-state index >= 15 is 0 Å². The first-order valence-electron chi connectivity index (χ1n) is 9.51. The molecule has 0 bridgehead atoms. The first-order chi connectivity index (χ1) is 14.5. The van der Waals surface area contributed by atoms with Crippen molar-refractivity contribution in [2.75, 3.05) is 26.2 Å². The summed E-state index contributed by atoms with van der Waals surface area (Å²) >= 11 is 6.16. The van der Waals surface area contributed by atoms with E-state index < -0.39 is 5.82 Å². The molecule has 0 radical (unpaired) electrons. The van der Waals surface area contributed by atoms with Gasteiger partial charge in [0.05, 0.1) is 10.6 Å². The number of carbonyl (C=O) groups excluding carboxylic acids is 2. The van der Waals surface area contributed by atoms with Crippen molar-refractivity contribution in [2.24, 2.45) is 0 Å². The fourth-order valence-electron chi connectivity index (χ4n) is 3.55. The molecule has 2 heterocycles. The lowest BCUT2D eigenvalue weighted by Crippen LogP contribution is -2.50. The highest BCUT2D eigenvalue weighted by molar-refractivity contribution is 6.33. The Kier molecular flexibility index (Phi) is 5.55. The number of carbonyl (C=O) groups is 2. The van der Waals surface area contributed by atoms with Crippen LogP contribution in [0.15, 0.2) is 53.1 Å². The summed E-state index contributed by atoms with van der Waals surface area (Å²) in [6, 6.07) is 13.3. The number of benzene rings is 2. The van der Waals surface area contributed by atoms with Crippen LogP contribution in [0, 0.1) is 12.7 Å². The normalized spacial score (nSPS) is 14.1. The van der Waals surface area contributed by atoms with Gasteiger partial charge in [-0.25, -0.2) is 4.39 Å². The highest BCUT2D eigenvalue weighted by Crippen LogP contribution is 2.34. The average molecular weight is 428 g/mol. The summed E-state index contributed by atoms with van der Waals surface area (Å²) in [6.45, 7) is 3.12. The van der Waals surface area contributed by atoms with Crippen molar-refractivity contribution in [3.05, 3.63) is 76.3 Å². The monoisotopic (exact) mass is 427 g/mol. The number of aryl methyl sites for hydroxylation is 1.